The number of aryl methyl sites for hydroxylation is 1. The van der Waals surface area contributed by atoms with Crippen LogP contribution in [-0.4, -0.2) is 43.6 Å². The number of hydrogen-bond donors (Lipinski definition) is 1. The van der Waals surface area contributed by atoms with Crippen molar-refractivity contribution in [1.82, 2.24) is 5.32 Å². The summed E-state index contributed by atoms with van der Waals surface area (Å²) in [6, 6.07) is 21.2. The summed E-state index contributed by atoms with van der Waals surface area (Å²) >= 11 is 1.62. The molecule has 3 aromatic rings. The molecule has 0 aliphatic heterocycles. The molecule has 1 saturated carbocycles. The topological polar surface area (TPSA) is 73.9 Å². The number of esters is 1. The number of thioether (sulfide) groups is 1. The van der Waals surface area contributed by atoms with Crippen LogP contribution < -0.4 is 10.1 Å². The van der Waals surface area contributed by atoms with Gasteiger partial charge >= 0.3 is 5.97 Å². The Hall–Kier alpha value is -3.29. The molecule has 1 unspecified atom stereocenters. The minimum Gasteiger partial charge on any atom is -0.493 e. The summed E-state index contributed by atoms with van der Waals surface area (Å²) in [6.45, 7) is 3.66. The molecule has 1 aliphatic carbocycles. The maximum absolute atomic E-state index is 13.5. The van der Waals surface area contributed by atoms with Gasteiger partial charge in [0.1, 0.15) is 11.8 Å². The molecular formula is C35H43NO5S. The van der Waals surface area contributed by atoms with Crippen molar-refractivity contribution in [3.63, 3.8) is 0 Å². The molecule has 6 nitrogen and oxygen atoms in total. The maximum atomic E-state index is 13.5. The van der Waals surface area contributed by atoms with E-state index in [1.54, 1.807) is 11.8 Å². The summed E-state index contributed by atoms with van der Waals surface area (Å²) in [4.78, 5) is 25.8. The van der Waals surface area contributed by atoms with Gasteiger partial charge in [0.25, 0.3) is 5.91 Å². The van der Waals surface area contributed by atoms with Crippen molar-refractivity contribution in [1.29, 1.82) is 0 Å². The van der Waals surface area contributed by atoms with Crippen LogP contribution in [0.25, 0.3) is 11.1 Å². The fraction of sp³-hybridized carbons (Fsp3) is 0.429. The lowest BCUT2D eigenvalue weighted by molar-refractivity contribution is -0.142. The number of rotatable bonds is 14. The molecule has 224 valence electrons. The number of hydrogen-bond acceptors (Lipinski definition) is 6. The molecule has 0 spiro atoms. The monoisotopic (exact) mass is 589 g/mol. The molecule has 7 heteroatoms. The molecule has 1 aliphatic rings. The van der Waals surface area contributed by atoms with Crippen LogP contribution in [0.1, 0.15) is 65.6 Å². The Labute approximate surface area is 254 Å². The number of carbonyl (C=O) groups excluding carboxylic acids is 2. The van der Waals surface area contributed by atoms with Crippen molar-refractivity contribution in [2.75, 3.05) is 25.7 Å². The molecule has 1 N–H and O–H groups in total. The first-order valence-electron chi connectivity index (χ1n) is 14.8. The summed E-state index contributed by atoms with van der Waals surface area (Å²) in [5.74, 6) is 1.54. The number of ether oxygens (including phenoxy) is 3. The summed E-state index contributed by atoms with van der Waals surface area (Å²) in [5, 5.41) is 2.90. The van der Waals surface area contributed by atoms with Gasteiger partial charge in [-0.3, -0.25) is 4.79 Å². The van der Waals surface area contributed by atoms with Crippen molar-refractivity contribution < 1.29 is 23.8 Å². The molecular weight excluding hydrogens is 546 g/mol. The van der Waals surface area contributed by atoms with E-state index in [2.05, 4.69) is 17.4 Å². The minimum absolute atomic E-state index is 0.303. The SMILES string of the molecule is COC(=O)C(CCSC)NC(=O)c1ccc(COCc2cccc(OCC3CCCCC3)c2)cc1-c1ccccc1C. The first kappa shape index (κ1) is 31.6. The highest BCUT2D eigenvalue weighted by molar-refractivity contribution is 7.98. The number of amides is 1. The Balaban J connectivity index is 1.45. The lowest BCUT2D eigenvalue weighted by atomic mass is 9.90. The summed E-state index contributed by atoms with van der Waals surface area (Å²) in [6.07, 6.45) is 8.96. The van der Waals surface area contributed by atoms with Crippen molar-refractivity contribution in [2.45, 2.75) is 64.7 Å². The smallest absolute Gasteiger partial charge is 0.328 e. The zero-order valence-corrected chi connectivity index (χ0v) is 25.8. The van der Waals surface area contributed by atoms with E-state index in [0.29, 0.717) is 31.1 Å². The number of carbonyl (C=O) groups is 2. The van der Waals surface area contributed by atoms with Crippen LogP contribution in [0.2, 0.25) is 0 Å². The van der Waals surface area contributed by atoms with Gasteiger partial charge in [0.2, 0.25) is 0 Å². The van der Waals surface area contributed by atoms with E-state index in [1.807, 2.05) is 67.8 Å². The molecule has 3 aromatic carbocycles. The zero-order valence-electron chi connectivity index (χ0n) is 25.0. The van der Waals surface area contributed by atoms with E-state index in [0.717, 1.165) is 45.9 Å². The third kappa shape index (κ3) is 9.10. The number of nitrogens with one attached hydrogen (secondary N) is 1. The first-order chi connectivity index (χ1) is 20.5. The lowest BCUT2D eigenvalue weighted by Gasteiger charge is -2.21. The average Bonchev–Trinajstić information content (AvgIpc) is 3.02. The van der Waals surface area contributed by atoms with Gasteiger partial charge in [-0.25, -0.2) is 4.79 Å². The molecule has 1 amide bonds. The van der Waals surface area contributed by atoms with Crippen molar-refractivity contribution in [3.05, 3.63) is 89.0 Å². The molecule has 1 fully saturated rings. The Morgan fingerprint density at radius 2 is 1.69 bits per heavy atom. The van der Waals surface area contributed by atoms with Crippen molar-refractivity contribution in [3.8, 4) is 16.9 Å². The van der Waals surface area contributed by atoms with E-state index in [-0.39, 0.29) is 5.91 Å². The highest BCUT2D eigenvalue weighted by atomic mass is 32.2. The van der Waals surface area contributed by atoms with Gasteiger partial charge in [-0.1, -0.05) is 61.7 Å². The standard InChI is InChI=1S/C35H43NO5S/c1-25-10-7-8-15-30(25)32-21-28(16-17-31(32)34(37)36-33(18-19-42-3)35(38)39-2)23-40-22-27-13-9-14-29(20-27)41-24-26-11-5-4-6-12-26/h7-10,13-17,20-21,26,33H,4-6,11-12,18-19,22-24H2,1-3H3,(H,36,37). The van der Waals surface area contributed by atoms with Crippen LogP contribution in [0.3, 0.4) is 0 Å². The molecule has 42 heavy (non-hydrogen) atoms. The van der Waals surface area contributed by atoms with Gasteiger partial charge in [-0.15, -0.1) is 0 Å². The molecule has 0 saturated heterocycles. The van der Waals surface area contributed by atoms with Gasteiger partial charge in [-0.2, -0.15) is 11.8 Å². The van der Waals surface area contributed by atoms with Gasteiger partial charge in [0, 0.05) is 5.56 Å². The third-order valence-electron chi connectivity index (χ3n) is 7.81. The highest BCUT2D eigenvalue weighted by Gasteiger charge is 2.24. The number of benzene rings is 3. The predicted molar refractivity (Wildman–Crippen MR) is 170 cm³/mol. The summed E-state index contributed by atoms with van der Waals surface area (Å²) in [7, 11) is 1.34. The van der Waals surface area contributed by atoms with Gasteiger partial charge in [-0.05, 0) is 96.2 Å². The normalized spacial score (nSPS) is 14.3. The maximum Gasteiger partial charge on any atom is 0.328 e. The van der Waals surface area contributed by atoms with Crippen LogP contribution >= 0.6 is 11.8 Å². The molecule has 0 radical (unpaired) electrons. The average molecular weight is 590 g/mol. The van der Waals surface area contributed by atoms with Crippen molar-refractivity contribution in [2.24, 2.45) is 5.92 Å². The van der Waals surface area contributed by atoms with Crippen molar-refractivity contribution >= 4 is 23.6 Å². The van der Waals surface area contributed by atoms with E-state index in [1.165, 1.54) is 39.2 Å². The molecule has 1 atom stereocenters. The minimum atomic E-state index is -0.704. The second-order valence-corrected chi connectivity index (χ2v) is 12.0. The second-order valence-electron chi connectivity index (χ2n) is 11.0. The molecule has 0 heterocycles. The van der Waals surface area contributed by atoms with Crippen LogP contribution in [0.5, 0.6) is 5.75 Å². The van der Waals surface area contributed by atoms with E-state index < -0.39 is 12.0 Å². The second kappa shape index (κ2) is 16.4. The molecule has 0 aromatic heterocycles. The largest absolute Gasteiger partial charge is 0.493 e. The van der Waals surface area contributed by atoms with Gasteiger partial charge < -0.3 is 19.5 Å². The summed E-state index contributed by atoms with van der Waals surface area (Å²) < 4.78 is 17.2. The van der Waals surface area contributed by atoms with Gasteiger partial charge in [0.05, 0.1) is 26.9 Å². The Kier molecular flexibility index (Phi) is 12.3. The Morgan fingerprint density at radius 3 is 2.43 bits per heavy atom. The molecule has 4 rings (SSSR count). The van der Waals surface area contributed by atoms with Crippen LogP contribution in [0.15, 0.2) is 66.7 Å². The predicted octanol–water partition coefficient (Wildman–Crippen LogP) is 7.36. The van der Waals surface area contributed by atoms with Crippen LogP contribution in [0.4, 0.5) is 0 Å². The van der Waals surface area contributed by atoms with E-state index in [4.69, 9.17) is 14.2 Å². The lowest BCUT2D eigenvalue weighted by Crippen LogP contribution is -2.42. The first-order valence-corrected chi connectivity index (χ1v) is 16.2. The summed E-state index contributed by atoms with van der Waals surface area (Å²) in [5.41, 5.74) is 5.35. The third-order valence-corrected chi connectivity index (χ3v) is 8.46. The fourth-order valence-electron chi connectivity index (χ4n) is 5.42. The molecule has 0 bridgehead atoms. The Morgan fingerprint density at radius 1 is 0.929 bits per heavy atom. The number of methoxy groups -OCH3 is 1. The highest BCUT2D eigenvalue weighted by Crippen LogP contribution is 2.29. The van der Waals surface area contributed by atoms with Crippen LogP contribution in [-0.2, 0) is 27.5 Å². The fourth-order valence-corrected chi connectivity index (χ4v) is 5.89. The quantitative estimate of drug-likeness (QED) is 0.198. The van der Waals surface area contributed by atoms with E-state index >= 15 is 0 Å². The van der Waals surface area contributed by atoms with E-state index in [9.17, 15) is 9.59 Å². The zero-order chi connectivity index (χ0) is 29.7. The van der Waals surface area contributed by atoms with Gasteiger partial charge in [0.15, 0.2) is 0 Å². The Bertz CT molecular complexity index is 1320. The van der Waals surface area contributed by atoms with Crippen LogP contribution in [0, 0.1) is 12.8 Å².